The van der Waals surface area contributed by atoms with Gasteiger partial charge in [-0.3, -0.25) is 9.59 Å². The number of carbonyl (C=O) groups is 2. The van der Waals surface area contributed by atoms with Crippen molar-refractivity contribution in [3.05, 3.63) is 0 Å². The summed E-state index contributed by atoms with van der Waals surface area (Å²) in [5.74, 6) is 0.0917. The first-order chi connectivity index (χ1) is 7.41. The fraction of sp³-hybridized carbons (Fsp3) is 0.818. The number of carboxylic acids is 1. The Morgan fingerprint density at radius 1 is 1.31 bits per heavy atom. The molecule has 0 fully saturated rings. The number of rotatable bonds is 8. The Hall–Kier alpha value is -0.710. The second kappa shape index (κ2) is 8.44. The maximum absolute atomic E-state index is 11.3. The maximum Gasteiger partial charge on any atom is 0.304 e. The van der Waals surface area contributed by atoms with Gasteiger partial charge in [0.25, 0.3) is 0 Å². The van der Waals surface area contributed by atoms with Crippen LogP contribution in [0.1, 0.15) is 33.6 Å². The van der Waals surface area contributed by atoms with Gasteiger partial charge < -0.3 is 10.4 Å². The average Bonchev–Trinajstić information content (AvgIpc) is 2.13. The summed E-state index contributed by atoms with van der Waals surface area (Å²) in [5, 5.41) is 11.3. The molecule has 0 radical (unpaired) electrons. The molecule has 0 bridgehead atoms. The molecule has 0 aromatic carbocycles. The highest BCUT2D eigenvalue weighted by molar-refractivity contribution is 8.00. The smallest absolute Gasteiger partial charge is 0.304 e. The van der Waals surface area contributed by atoms with Crippen LogP contribution in [0.5, 0.6) is 0 Å². The molecule has 1 atom stereocenters. The molecule has 1 unspecified atom stereocenters. The molecule has 2 N–H and O–H groups in total. The predicted molar refractivity (Wildman–Crippen MR) is 66.6 cm³/mol. The lowest BCUT2D eigenvalue weighted by Gasteiger charge is -2.09. The van der Waals surface area contributed by atoms with Crippen LogP contribution in [-0.4, -0.2) is 34.5 Å². The third kappa shape index (κ3) is 9.83. The Balaban J connectivity index is 3.53. The monoisotopic (exact) mass is 247 g/mol. The highest BCUT2D eigenvalue weighted by Crippen LogP contribution is 2.13. The summed E-state index contributed by atoms with van der Waals surface area (Å²) in [6.07, 6.45) is 1.07. The number of hydrogen-bond acceptors (Lipinski definition) is 3. The number of nitrogens with one attached hydrogen (secondary N) is 1. The van der Waals surface area contributed by atoms with E-state index in [2.05, 4.69) is 19.2 Å². The standard InChI is InChI=1S/C11H21NO3S/c1-8(2)4-5-12-10(13)7-16-9(3)6-11(14)15/h8-9H,4-7H2,1-3H3,(H,12,13)(H,14,15). The number of hydrogen-bond donors (Lipinski definition) is 2. The molecule has 0 aromatic rings. The first-order valence-corrected chi connectivity index (χ1v) is 6.56. The van der Waals surface area contributed by atoms with Gasteiger partial charge in [-0.1, -0.05) is 20.8 Å². The van der Waals surface area contributed by atoms with E-state index >= 15 is 0 Å². The lowest BCUT2D eigenvalue weighted by atomic mass is 10.1. The van der Waals surface area contributed by atoms with Gasteiger partial charge in [0.05, 0.1) is 12.2 Å². The van der Waals surface area contributed by atoms with Crippen LogP contribution in [0, 0.1) is 5.92 Å². The van der Waals surface area contributed by atoms with Gasteiger partial charge in [0.15, 0.2) is 0 Å². The van der Waals surface area contributed by atoms with Crippen LogP contribution in [0.15, 0.2) is 0 Å². The highest BCUT2D eigenvalue weighted by Gasteiger charge is 2.10. The van der Waals surface area contributed by atoms with Gasteiger partial charge in [-0.2, -0.15) is 0 Å². The molecular weight excluding hydrogens is 226 g/mol. The molecule has 0 saturated heterocycles. The maximum atomic E-state index is 11.3. The third-order valence-corrected chi connectivity index (χ3v) is 3.17. The summed E-state index contributed by atoms with van der Waals surface area (Å²) in [6, 6.07) is 0. The molecule has 94 valence electrons. The number of thioether (sulfide) groups is 1. The molecule has 0 aromatic heterocycles. The Morgan fingerprint density at radius 2 is 1.94 bits per heavy atom. The summed E-state index contributed by atoms with van der Waals surface area (Å²) in [7, 11) is 0. The molecule has 0 spiro atoms. The van der Waals surface area contributed by atoms with Crippen LogP contribution in [-0.2, 0) is 9.59 Å². The zero-order valence-corrected chi connectivity index (χ0v) is 11.0. The first kappa shape index (κ1) is 15.3. The van der Waals surface area contributed by atoms with E-state index < -0.39 is 5.97 Å². The second-order valence-corrected chi connectivity index (χ2v) is 5.68. The molecule has 0 aliphatic heterocycles. The average molecular weight is 247 g/mol. The van der Waals surface area contributed by atoms with Crippen molar-refractivity contribution in [3.8, 4) is 0 Å². The number of carboxylic acid groups (broad SMARTS) is 1. The van der Waals surface area contributed by atoms with Crippen LogP contribution in [0.25, 0.3) is 0 Å². The minimum absolute atomic E-state index is 0.0112. The van der Waals surface area contributed by atoms with Gasteiger partial charge >= 0.3 is 5.97 Å². The Bertz CT molecular complexity index is 231. The topological polar surface area (TPSA) is 66.4 Å². The summed E-state index contributed by atoms with van der Waals surface area (Å²) in [5.41, 5.74) is 0. The molecule has 4 nitrogen and oxygen atoms in total. The van der Waals surface area contributed by atoms with E-state index in [0.29, 0.717) is 18.2 Å². The molecule has 16 heavy (non-hydrogen) atoms. The van der Waals surface area contributed by atoms with Crippen molar-refractivity contribution in [1.82, 2.24) is 5.32 Å². The van der Waals surface area contributed by atoms with Crippen LogP contribution >= 0.6 is 11.8 Å². The van der Waals surface area contributed by atoms with Gasteiger partial charge in [0.2, 0.25) is 5.91 Å². The number of amides is 1. The van der Waals surface area contributed by atoms with Crippen LogP contribution < -0.4 is 5.32 Å². The lowest BCUT2D eigenvalue weighted by Crippen LogP contribution is -2.27. The van der Waals surface area contributed by atoms with Crippen molar-refractivity contribution in [2.45, 2.75) is 38.9 Å². The van der Waals surface area contributed by atoms with E-state index in [0.717, 1.165) is 6.42 Å². The van der Waals surface area contributed by atoms with Gasteiger partial charge in [0.1, 0.15) is 0 Å². The molecule has 1 amide bonds. The van der Waals surface area contributed by atoms with E-state index in [1.807, 2.05) is 6.92 Å². The van der Waals surface area contributed by atoms with Crippen molar-refractivity contribution in [2.75, 3.05) is 12.3 Å². The van der Waals surface area contributed by atoms with E-state index in [1.54, 1.807) is 0 Å². The molecule has 0 aliphatic rings. The molecule has 0 rings (SSSR count). The van der Waals surface area contributed by atoms with Crippen molar-refractivity contribution < 1.29 is 14.7 Å². The first-order valence-electron chi connectivity index (χ1n) is 5.52. The van der Waals surface area contributed by atoms with E-state index in [1.165, 1.54) is 11.8 Å². The minimum atomic E-state index is -0.819. The van der Waals surface area contributed by atoms with E-state index in [4.69, 9.17) is 5.11 Å². The van der Waals surface area contributed by atoms with Gasteiger partial charge in [-0.25, -0.2) is 0 Å². The molecular formula is C11H21NO3S. The Morgan fingerprint density at radius 3 is 2.44 bits per heavy atom. The van der Waals surface area contributed by atoms with Crippen LogP contribution in [0.2, 0.25) is 0 Å². The Labute approximate surface area is 101 Å². The third-order valence-electron chi connectivity index (χ3n) is 2.00. The zero-order chi connectivity index (χ0) is 12.6. The van der Waals surface area contributed by atoms with Gasteiger partial charge in [-0.15, -0.1) is 11.8 Å². The fourth-order valence-corrected chi connectivity index (χ4v) is 1.87. The fourth-order valence-electron chi connectivity index (χ4n) is 1.07. The summed E-state index contributed by atoms with van der Waals surface area (Å²) >= 11 is 1.38. The number of carbonyl (C=O) groups excluding carboxylic acids is 1. The summed E-state index contributed by atoms with van der Waals surface area (Å²) in [6.45, 7) is 6.73. The molecule has 0 aliphatic carbocycles. The molecule has 5 heteroatoms. The van der Waals surface area contributed by atoms with Crippen molar-refractivity contribution in [2.24, 2.45) is 5.92 Å². The van der Waals surface area contributed by atoms with Crippen molar-refractivity contribution in [1.29, 1.82) is 0 Å². The minimum Gasteiger partial charge on any atom is -0.481 e. The van der Waals surface area contributed by atoms with Gasteiger partial charge in [-0.05, 0) is 12.3 Å². The number of aliphatic carboxylic acids is 1. The SMILES string of the molecule is CC(C)CCNC(=O)CSC(C)CC(=O)O. The lowest BCUT2D eigenvalue weighted by molar-refractivity contribution is -0.136. The van der Waals surface area contributed by atoms with Crippen molar-refractivity contribution >= 4 is 23.6 Å². The summed E-state index contributed by atoms with van der Waals surface area (Å²) in [4.78, 5) is 21.7. The van der Waals surface area contributed by atoms with Gasteiger partial charge in [0, 0.05) is 11.8 Å². The van der Waals surface area contributed by atoms with Crippen LogP contribution in [0.3, 0.4) is 0 Å². The van der Waals surface area contributed by atoms with Crippen LogP contribution in [0.4, 0.5) is 0 Å². The van der Waals surface area contributed by atoms with E-state index in [9.17, 15) is 9.59 Å². The van der Waals surface area contributed by atoms with E-state index in [-0.39, 0.29) is 17.6 Å². The molecule has 0 saturated carbocycles. The summed E-state index contributed by atoms with van der Waals surface area (Å²) < 4.78 is 0. The molecule has 0 heterocycles. The quantitative estimate of drug-likeness (QED) is 0.685. The Kier molecular flexibility index (Phi) is 8.07. The predicted octanol–water partition coefficient (Wildman–Crippen LogP) is 1.75. The highest BCUT2D eigenvalue weighted by atomic mass is 32.2. The zero-order valence-electron chi connectivity index (χ0n) is 10.2. The largest absolute Gasteiger partial charge is 0.481 e. The van der Waals surface area contributed by atoms with Crippen molar-refractivity contribution in [3.63, 3.8) is 0 Å². The second-order valence-electron chi connectivity index (χ2n) is 4.25. The normalized spacial score (nSPS) is 12.5.